The van der Waals surface area contributed by atoms with E-state index in [-0.39, 0.29) is 18.9 Å². The van der Waals surface area contributed by atoms with Crippen molar-refractivity contribution < 1.29 is 14.4 Å². The highest BCUT2D eigenvalue weighted by Gasteiger charge is 2.29. The second-order valence-corrected chi connectivity index (χ2v) is 5.86. The van der Waals surface area contributed by atoms with Crippen LogP contribution in [0.15, 0.2) is 23.1 Å². The average molecular weight is 314 g/mol. The molecule has 20 heavy (non-hydrogen) atoms. The number of nitrogens with two attached hydrogens (primary N) is 1. The smallest absolute Gasteiger partial charge is 0.238 e. The van der Waals surface area contributed by atoms with Gasteiger partial charge in [0.1, 0.15) is 0 Å². The van der Waals surface area contributed by atoms with Crippen molar-refractivity contribution in [3.63, 3.8) is 0 Å². The Morgan fingerprint density at radius 2 is 2.20 bits per heavy atom. The molecule has 4 N–H and O–H groups in total. The van der Waals surface area contributed by atoms with Crippen LogP contribution in [0.3, 0.4) is 0 Å². The predicted octanol–water partition coefficient (Wildman–Crippen LogP) is 0.744. The molecule has 3 amide bonds. The van der Waals surface area contributed by atoms with E-state index in [2.05, 4.69) is 10.6 Å². The molecule has 0 radical (unpaired) electrons. The second-order valence-electron chi connectivity index (χ2n) is 4.18. The number of primary amides is 1. The van der Waals surface area contributed by atoms with E-state index in [9.17, 15) is 14.4 Å². The minimum Gasteiger partial charge on any atom is -0.368 e. The zero-order chi connectivity index (χ0) is 14.7. The zero-order valence-corrected chi connectivity index (χ0v) is 11.9. The minimum atomic E-state index is -0.626. The Balaban J connectivity index is 2.01. The van der Waals surface area contributed by atoms with E-state index in [1.165, 1.54) is 11.8 Å². The van der Waals surface area contributed by atoms with Gasteiger partial charge in [-0.2, -0.15) is 0 Å². The van der Waals surface area contributed by atoms with Gasteiger partial charge in [0.15, 0.2) is 0 Å². The molecule has 1 atom stereocenters. The van der Waals surface area contributed by atoms with E-state index < -0.39 is 17.1 Å². The number of anilines is 1. The Morgan fingerprint density at radius 3 is 2.90 bits per heavy atom. The first-order valence-electron chi connectivity index (χ1n) is 5.78. The van der Waals surface area contributed by atoms with Crippen LogP contribution < -0.4 is 16.4 Å². The Hall–Kier alpha value is -1.73. The molecule has 1 aliphatic rings. The van der Waals surface area contributed by atoms with Gasteiger partial charge in [-0.25, -0.2) is 0 Å². The van der Waals surface area contributed by atoms with Gasteiger partial charge < -0.3 is 16.4 Å². The van der Waals surface area contributed by atoms with Crippen LogP contribution in [-0.2, 0) is 14.4 Å². The van der Waals surface area contributed by atoms with Gasteiger partial charge in [-0.05, 0) is 18.2 Å². The number of carbonyl (C=O) groups excluding carboxylic acids is 3. The number of nitrogens with one attached hydrogen (secondary N) is 2. The summed E-state index contributed by atoms with van der Waals surface area (Å²) in [6.07, 6.45) is -0.0220. The standard InChI is InChI=1S/C12H12ClN3O3S/c13-6-1-2-8-7(3-6)16-12(19)9(20-8)4-11(18)15-5-10(14)17/h1-3,9H,4-5H2,(H2,14,17)(H,15,18)(H,16,19)/t9-/m0/s1. The Morgan fingerprint density at radius 1 is 1.45 bits per heavy atom. The Kier molecular flexibility index (Phi) is 4.51. The molecular formula is C12H12ClN3O3S. The van der Waals surface area contributed by atoms with Gasteiger partial charge in [-0.3, -0.25) is 14.4 Å². The molecule has 6 nitrogen and oxygen atoms in total. The average Bonchev–Trinajstić information content (AvgIpc) is 2.37. The number of fused-ring (bicyclic) bond motifs is 1. The fraction of sp³-hybridized carbons (Fsp3) is 0.250. The fourth-order valence-corrected chi connectivity index (χ4v) is 2.95. The van der Waals surface area contributed by atoms with Gasteiger partial charge in [0.2, 0.25) is 17.7 Å². The summed E-state index contributed by atoms with van der Waals surface area (Å²) in [4.78, 5) is 34.9. The molecule has 0 fully saturated rings. The van der Waals surface area contributed by atoms with E-state index in [1.807, 2.05) is 0 Å². The number of hydrogen-bond donors (Lipinski definition) is 3. The highest BCUT2D eigenvalue weighted by Crippen LogP contribution is 2.38. The first-order chi connectivity index (χ1) is 9.45. The lowest BCUT2D eigenvalue weighted by molar-refractivity contribution is -0.126. The van der Waals surface area contributed by atoms with Crippen LogP contribution in [0.1, 0.15) is 6.42 Å². The summed E-state index contributed by atoms with van der Waals surface area (Å²) in [5.74, 6) is -1.29. The molecule has 0 saturated heterocycles. The molecular weight excluding hydrogens is 302 g/mol. The predicted molar refractivity (Wildman–Crippen MR) is 76.5 cm³/mol. The third-order valence-electron chi connectivity index (χ3n) is 2.59. The number of carbonyl (C=O) groups is 3. The highest BCUT2D eigenvalue weighted by molar-refractivity contribution is 8.01. The molecule has 1 aromatic rings. The third kappa shape index (κ3) is 3.64. The monoisotopic (exact) mass is 313 g/mol. The van der Waals surface area contributed by atoms with Gasteiger partial charge in [0, 0.05) is 16.3 Å². The van der Waals surface area contributed by atoms with Crippen LogP contribution >= 0.6 is 23.4 Å². The normalized spacial score (nSPS) is 17.1. The SMILES string of the molecule is NC(=O)CNC(=O)C[C@@H]1Sc2ccc(Cl)cc2NC1=O. The van der Waals surface area contributed by atoms with Crippen LogP contribution in [0.2, 0.25) is 5.02 Å². The van der Waals surface area contributed by atoms with Crippen molar-refractivity contribution in [2.24, 2.45) is 5.73 Å². The number of hydrogen-bond acceptors (Lipinski definition) is 4. The van der Waals surface area contributed by atoms with Crippen molar-refractivity contribution >= 4 is 46.8 Å². The van der Waals surface area contributed by atoms with Crippen molar-refractivity contribution in [3.05, 3.63) is 23.2 Å². The van der Waals surface area contributed by atoms with E-state index in [4.69, 9.17) is 17.3 Å². The lowest BCUT2D eigenvalue weighted by Crippen LogP contribution is -2.38. The molecule has 0 aliphatic carbocycles. The van der Waals surface area contributed by atoms with Crippen LogP contribution in [0, 0.1) is 0 Å². The second kappa shape index (κ2) is 6.15. The van der Waals surface area contributed by atoms with Crippen LogP contribution in [0.4, 0.5) is 5.69 Å². The molecule has 0 spiro atoms. The third-order valence-corrected chi connectivity index (χ3v) is 4.10. The molecule has 2 rings (SSSR count). The Labute approximate surface area is 124 Å². The molecule has 0 unspecified atom stereocenters. The summed E-state index contributed by atoms with van der Waals surface area (Å²) in [5.41, 5.74) is 5.57. The molecule has 8 heteroatoms. The van der Waals surface area contributed by atoms with E-state index in [1.54, 1.807) is 18.2 Å². The largest absolute Gasteiger partial charge is 0.368 e. The molecule has 1 aliphatic heterocycles. The first kappa shape index (κ1) is 14.7. The van der Waals surface area contributed by atoms with Crippen molar-refractivity contribution in [2.45, 2.75) is 16.6 Å². The molecule has 1 aromatic carbocycles. The lowest BCUT2D eigenvalue weighted by atomic mass is 10.2. The minimum absolute atomic E-state index is 0.0220. The topological polar surface area (TPSA) is 101 Å². The van der Waals surface area contributed by atoms with Gasteiger partial charge >= 0.3 is 0 Å². The van der Waals surface area contributed by atoms with E-state index in [0.29, 0.717) is 10.7 Å². The summed E-state index contributed by atoms with van der Waals surface area (Å²) >= 11 is 7.14. The van der Waals surface area contributed by atoms with E-state index >= 15 is 0 Å². The summed E-state index contributed by atoms with van der Waals surface area (Å²) in [6.45, 7) is -0.232. The van der Waals surface area contributed by atoms with Crippen LogP contribution in [0.25, 0.3) is 0 Å². The van der Waals surface area contributed by atoms with Crippen molar-refractivity contribution in [1.82, 2.24) is 5.32 Å². The number of rotatable bonds is 4. The number of halogens is 1. The number of benzene rings is 1. The maximum absolute atomic E-state index is 11.9. The lowest BCUT2D eigenvalue weighted by Gasteiger charge is -2.23. The molecule has 106 valence electrons. The van der Waals surface area contributed by atoms with Gasteiger partial charge in [-0.15, -0.1) is 11.8 Å². The van der Waals surface area contributed by atoms with Crippen molar-refractivity contribution in [2.75, 3.05) is 11.9 Å². The maximum atomic E-state index is 11.9. The van der Waals surface area contributed by atoms with Crippen molar-refractivity contribution in [1.29, 1.82) is 0 Å². The van der Waals surface area contributed by atoms with Gasteiger partial charge in [-0.1, -0.05) is 11.6 Å². The van der Waals surface area contributed by atoms with Gasteiger partial charge in [0.05, 0.1) is 17.5 Å². The maximum Gasteiger partial charge on any atom is 0.238 e. The zero-order valence-electron chi connectivity index (χ0n) is 10.3. The van der Waals surface area contributed by atoms with Crippen LogP contribution in [-0.4, -0.2) is 29.5 Å². The molecule has 0 saturated carbocycles. The van der Waals surface area contributed by atoms with Gasteiger partial charge in [0.25, 0.3) is 0 Å². The number of thioether (sulfide) groups is 1. The summed E-state index contributed by atoms with van der Waals surface area (Å²) < 4.78 is 0. The fourth-order valence-electron chi connectivity index (χ4n) is 1.68. The number of amides is 3. The Bertz CT molecular complexity index is 579. The summed E-state index contributed by atoms with van der Waals surface area (Å²) in [6, 6.07) is 5.16. The summed E-state index contributed by atoms with van der Waals surface area (Å²) in [5, 5.41) is 5.05. The summed E-state index contributed by atoms with van der Waals surface area (Å²) in [7, 11) is 0. The highest BCUT2D eigenvalue weighted by atomic mass is 35.5. The van der Waals surface area contributed by atoms with Crippen LogP contribution in [0.5, 0.6) is 0 Å². The molecule has 1 heterocycles. The quantitative estimate of drug-likeness (QED) is 0.763. The first-order valence-corrected chi connectivity index (χ1v) is 7.03. The van der Waals surface area contributed by atoms with E-state index in [0.717, 1.165) is 4.90 Å². The van der Waals surface area contributed by atoms with Crippen molar-refractivity contribution in [3.8, 4) is 0 Å². The molecule has 0 bridgehead atoms. The molecule has 0 aromatic heterocycles.